The van der Waals surface area contributed by atoms with E-state index in [1.54, 1.807) is 18.4 Å². The van der Waals surface area contributed by atoms with Crippen molar-refractivity contribution >= 4 is 33.0 Å². The SMILES string of the molecule is CCOc1ccc(NC(=O)[C@@H]2CCCN(c3nn4cc(-c5ccc(OC)cc5)nc4s3)C2)cc1. The first-order valence-electron chi connectivity index (χ1n) is 11.4. The summed E-state index contributed by atoms with van der Waals surface area (Å²) in [6.07, 6.45) is 3.75. The minimum absolute atomic E-state index is 0.0389. The number of rotatable bonds is 7. The lowest BCUT2D eigenvalue weighted by Crippen LogP contribution is -2.40. The zero-order valence-electron chi connectivity index (χ0n) is 19.2. The Morgan fingerprint density at radius 2 is 1.91 bits per heavy atom. The second-order valence-corrected chi connectivity index (χ2v) is 9.13. The Kier molecular flexibility index (Phi) is 6.35. The number of hydrogen-bond acceptors (Lipinski definition) is 7. The van der Waals surface area contributed by atoms with Crippen LogP contribution in [0.4, 0.5) is 10.8 Å². The van der Waals surface area contributed by atoms with E-state index in [2.05, 4.69) is 10.2 Å². The van der Waals surface area contributed by atoms with E-state index in [9.17, 15) is 4.79 Å². The maximum absolute atomic E-state index is 12.9. The lowest BCUT2D eigenvalue weighted by molar-refractivity contribution is -0.120. The Morgan fingerprint density at radius 3 is 2.62 bits per heavy atom. The molecule has 0 spiro atoms. The molecule has 176 valence electrons. The van der Waals surface area contributed by atoms with Crippen molar-refractivity contribution in [2.75, 3.05) is 37.0 Å². The minimum atomic E-state index is -0.0913. The van der Waals surface area contributed by atoms with Gasteiger partial charge in [-0.2, -0.15) is 0 Å². The molecule has 34 heavy (non-hydrogen) atoms. The summed E-state index contributed by atoms with van der Waals surface area (Å²) in [6, 6.07) is 15.3. The molecule has 0 bridgehead atoms. The molecule has 1 aliphatic heterocycles. The number of nitrogens with one attached hydrogen (secondary N) is 1. The van der Waals surface area contributed by atoms with Crippen molar-refractivity contribution < 1.29 is 14.3 Å². The van der Waals surface area contributed by atoms with E-state index in [1.807, 2.05) is 66.2 Å². The topological polar surface area (TPSA) is 81.0 Å². The van der Waals surface area contributed by atoms with E-state index in [0.717, 1.165) is 57.9 Å². The Balaban J connectivity index is 1.25. The van der Waals surface area contributed by atoms with Gasteiger partial charge in [-0.3, -0.25) is 4.79 Å². The van der Waals surface area contributed by atoms with Crippen molar-refractivity contribution in [3.63, 3.8) is 0 Å². The van der Waals surface area contributed by atoms with Crippen molar-refractivity contribution in [1.82, 2.24) is 14.6 Å². The number of amides is 1. The van der Waals surface area contributed by atoms with Crippen molar-refractivity contribution in [2.45, 2.75) is 19.8 Å². The molecule has 4 aromatic rings. The van der Waals surface area contributed by atoms with Gasteiger partial charge in [-0.15, -0.1) is 5.10 Å². The van der Waals surface area contributed by atoms with Crippen molar-refractivity contribution in [3.05, 3.63) is 54.7 Å². The van der Waals surface area contributed by atoms with E-state index in [-0.39, 0.29) is 11.8 Å². The van der Waals surface area contributed by atoms with Gasteiger partial charge in [0.2, 0.25) is 16.0 Å². The first-order chi connectivity index (χ1) is 16.6. The summed E-state index contributed by atoms with van der Waals surface area (Å²) in [6.45, 7) is 4.10. The van der Waals surface area contributed by atoms with Gasteiger partial charge in [0, 0.05) is 24.3 Å². The highest BCUT2D eigenvalue weighted by Crippen LogP contribution is 2.30. The number of imidazole rings is 1. The Morgan fingerprint density at radius 1 is 1.15 bits per heavy atom. The molecule has 1 saturated heterocycles. The third-order valence-corrected chi connectivity index (χ3v) is 6.90. The summed E-state index contributed by atoms with van der Waals surface area (Å²) in [5.41, 5.74) is 2.67. The fourth-order valence-electron chi connectivity index (χ4n) is 4.13. The first-order valence-corrected chi connectivity index (χ1v) is 12.2. The third-order valence-electron chi connectivity index (χ3n) is 5.91. The highest BCUT2D eigenvalue weighted by atomic mass is 32.1. The lowest BCUT2D eigenvalue weighted by atomic mass is 9.97. The van der Waals surface area contributed by atoms with Crippen LogP contribution >= 0.6 is 11.3 Å². The number of methoxy groups -OCH3 is 1. The fraction of sp³-hybridized carbons (Fsp3) is 0.320. The highest BCUT2D eigenvalue weighted by Gasteiger charge is 2.28. The quantitative estimate of drug-likeness (QED) is 0.415. The van der Waals surface area contributed by atoms with Gasteiger partial charge in [0.05, 0.1) is 31.5 Å². The fourth-order valence-corrected chi connectivity index (χ4v) is 5.05. The van der Waals surface area contributed by atoms with Crippen LogP contribution in [0.3, 0.4) is 0 Å². The van der Waals surface area contributed by atoms with E-state index in [0.29, 0.717) is 13.2 Å². The molecule has 8 nitrogen and oxygen atoms in total. The summed E-state index contributed by atoms with van der Waals surface area (Å²) < 4.78 is 12.5. The van der Waals surface area contributed by atoms with Crippen LogP contribution in [0.15, 0.2) is 54.7 Å². The molecule has 2 aromatic heterocycles. The summed E-state index contributed by atoms with van der Waals surface area (Å²) >= 11 is 1.55. The molecular formula is C25H27N5O3S. The number of piperidine rings is 1. The molecule has 0 aliphatic carbocycles. The molecule has 1 aliphatic rings. The molecule has 0 radical (unpaired) electrons. The second-order valence-electron chi connectivity index (χ2n) is 8.20. The molecule has 5 rings (SSSR count). The summed E-state index contributed by atoms with van der Waals surface area (Å²) in [5, 5.41) is 8.68. The van der Waals surface area contributed by atoms with Gasteiger partial charge in [0.25, 0.3) is 0 Å². The average Bonchev–Trinajstić information content (AvgIpc) is 3.45. The standard InChI is InChI=1S/C25H27N5O3S/c1-3-33-21-12-8-19(9-13-21)26-23(31)18-5-4-14-29(15-18)25-28-30-16-22(27-24(30)34-25)17-6-10-20(32-2)11-7-17/h6-13,16,18H,3-5,14-15H2,1-2H3,(H,26,31)/t18-/m1/s1. The predicted octanol–water partition coefficient (Wildman–Crippen LogP) is 4.72. The van der Waals surface area contributed by atoms with Gasteiger partial charge in [0.1, 0.15) is 11.5 Å². The van der Waals surface area contributed by atoms with Crippen LogP contribution in [0.25, 0.3) is 16.2 Å². The van der Waals surface area contributed by atoms with Crippen LogP contribution in [0, 0.1) is 5.92 Å². The number of ether oxygens (including phenoxy) is 2. The van der Waals surface area contributed by atoms with Gasteiger partial charge in [-0.25, -0.2) is 9.50 Å². The van der Waals surface area contributed by atoms with Crippen LogP contribution in [-0.2, 0) is 4.79 Å². The van der Waals surface area contributed by atoms with Crippen LogP contribution in [0.1, 0.15) is 19.8 Å². The molecule has 1 fully saturated rings. The van der Waals surface area contributed by atoms with Crippen LogP contribution in [0.5, 0.6) is 11.5 Å². The van der Waals surface area contributed by atoms with Crippen LogP contribution in [-0.4, -0.2) is 47.3 Å². The highest BCUT2D eigenvalue weighted by molar-refractivity contribution is 7.20. The van der Waals surface area contributed by atoms with E-state index in [1.165, 1.54) is 0 Å². The zero-order chi connectivity index (χ0) is 23.5. The lowest BCUT2D eigenvalue weighted by Gasteiger charge is -2.31. The Bertz CT molecular complexity index is 1230. The van der Waals surface area contributed by atoms with Crippen LogP contribution < -0.4 is 19.7 Å². The molecule has 0 saturated carbocycles. The van der Waals surface area contributed by atoms with Gasteiger partial charge in [-0.05, 0) is 68.3 Å². The predicted molar refractivity (Wildman–Crippen MR) is 134 cm³/mol. The Hall–Kier alpha value is -3.59. The molecule has 1 amide bonds. The van der Waals surface area contributed by atoms with Gasteiger partial charge in [-0.1, -0.05) is 11.3 Å². The number of nitrogens with zero attached hydrogens (tertiary/aromatic N) is 4. The maximum atomic E-state index is 12.9. The van der Waals surface area contributed by atoms with Gasteiger partial charge >= 0.3 is 0 Å². The van der Waals surface area contributed by atoms with Gasteiger partial charge in [0.15, 0.2) is 0 Å². The first kappa shape index (κ1) is 22.2. The maximum Gasteiger partial charge on any atom is 0.229 e. The van der Waals surface area contributed by atoms with E-state index in [4.69, 9.17) is 19.6 Å². The second kappa shape index (κ2) is 9.72. The summed E-state index contributed by atoms with van der Waals surface area (Å²) in [5.74, 6) is 1.56. The molecular weight excluding hydrogens is 450 g/mol. The number of benzene rings is 2. The summed E-state index contributed by atoms with van der Waals surface area (Å²) in [7, 11) is 1.65. The number of fused-ring (bicyclic) bond motifs is 1. The minimum Gasteiger partial charge on any atom is -0.497 e. The largest absolute Gasteiger partial charge is 0.497 e. The number of hydrogen-bond donors (Lipinski definition) is 1. The number of carbonyl (C=O) groups is 1. The normalized spacial score (nSPS) is 15.9. The Labute approximate surface area is 202 Å². The van der Waals surface area contributed by atoms with Crippen molar-refractivity contribution in [1.29, 1.82) is 0 Å². The molecule has 2 aromatic carbocycles. The monoisotopic (exact) mass is 477 g/mol. The molecule has 0 unspecified atom stereocenters. The summed E-state index contributed by atoms with van der Waals surface area (Å²) in [4.78, 5) is 20.7. The van der Waals surface area contributed by atoms with Crippen LogP contribution in [0.2, 0.25) is 0 Å². The zero-order valence-corrected chi connectivity index (χ0v) is 20.0. The van der Waals surface area contributed by atoms with Crippen molar-refractivity contribution in [2.24, 2.45) is 5.92 Å². The van der Waals surface area contributed by atoms with Gasteiger partial charge < -0.3 is 19.7 Å². The number of carbonyl (C=O) groups excluding carboxylic acids is 1. The number of aromatic nitrogens is 3. The smallest absolute Gasteiger partial charge is 0.229 e. The van der Waals surface area contributed by atoms with E-state index >= 15 is 0 Å². The average molecular weight is 478 g/mol. The van der Waals surface area contributed by atoms with Crippen molar-refractivity contribution in [3.8, 4) is 22.8 Å². The van der Waals surface area contributed by atoms with E-state index < -0.39 is 0 Å². The third kappa shape index (κ3) is 4.70. The molecule has 9 heteroatoms. The number of anilines is 2. The molecule has 1 N–H and O–H groups in total. The molecule has 1 atom stereocenters. The molecule has 3 heterocycles.